The minimum atomic E-state index is -3.49. The standard InChI is InChI=1S/C44H54FN9O4SSi/c1-28(33-23-29(45)25-53(33)7)56-41-50-37(38-48-39(57-52-38)44(6)20-14-19-34-35(44)32(24-46)36(47)59-34)49-40(51-41)54-21-22-55-27-43(5,26-54)58-60(42(2,3)4,30-15-10-8-11-16-30)31-17-12-9-13-18-31/h8-13,15-18,28-29,33H,14,19-23,25-27,47H2,1-7H3/t28-,29+,33-,43?,44-/m0/s1/i5D3. The van der Waals surface area contributed by atoms with E-state index in [1.54, 1.807) is 4.90 Å². The molecule has 13 nitrogen and oxygen atoms in total. The number of ether oxygens (including phenoxy) is 2. The molecular weight excluding hydrogens is 798 g/mol. The van der Waals surface area contributed by atoms with Crippen LogP contribution in [-0.2, 0) is 21.0 Å². The van der Waals surface area contributed by atoms with Crippen LogP contribution in [0.3, 0.4) is 0 Å². The average molecular weight is 855 g/mol. The summed E-state index contributed by atoms with van der Waals surface area (Å²) in [6.45, 7) is 7.60. The molecule has 1 aliphatic carbocycles. The molecule has 2 saturated heterocycles. The first-order valence-corrected chi connectivity index (χ1v) is 23.2. The van der Waals surface area contributed by atoms with Crippen LogP contribution in [0.5, 0.6) is 6.01 Å². The topological polar surface area (TPSA) is 162 Å². The Bertz CT molecular complexity index is 2430. The number of nitrogens with two attached hydrogens (primary N) is 1. The molecule has 1 unspecified atom stereocenters. The highest BCUT2D eigenvalue weighted by molar-refractivity contribution is 7.16. The lowest BCUT2D eigenvalue weighted by atomic mass is 9.72. The highest BCUT2D eigenvalue weighted by Gasteiger charge is 2.54. The first-order valence-electron chi connectivity index (χ1n) is 22.0. The van der Waals surface area contributed by atoms with Gasteiger partial charge in [0.05, 0.1) is 36.3 Å². The maximum Gasteiger partial charge on any atom is 0.322 e. The molecule has 0 amide bonds. The van der Waals surface area contributed by atoms with Crippen LogP contribution in [-0.4, -0.2) is 102 Å². The Morgan fingerprint density at radius 1 is 1.08 bits per heavy atom. The molecule has 60 heavy (non-hydrogen) atoms. The number of likely N-dealkylation sites (tertiary alicyclic amines) is 1. The fourth-order valence-electron chi connectivity index (χ4n) is 9.27. The fraction of sp³-hybridized carbons (Fsp3) is 0.500. The second kappa shape index (κ2) is 16.2. The third-order valence-electron chi connectivity index (χ3n) is 12.2. The summed E-state index contributed by atoms with van der Waals surface area (Å²) in [4.78, 5) is 23.9. The molecule has 0 saturated carbocycles. The molecule has 0 spiro atoms. The fourth-order valence-corrected chi connectivity index (χ4v) is 15.1. The van der Waals surface area contributed by atoms with Crippen LogP contribution in [0, 0.1) is 11.3 Å². The van der Waals surface area contributed by atoms with E-state index in [0.717, 1.165) is 33.7 Å². The van der Waals surface area contributed by atoms with E-state index >= 15 is 0 Å². The summed E-state index contributed by atoms with van der Waals surface area (Å²) in [6, 6.07) is 21.7. The van der Waals surface area contributed by atoms with Crippen LogP contribution in [0.2, 0.25) is 5.04 Å². The van der Waals surface area contributed by atoms with E-state index in [-0.39, 0.29) is 74.8 Å². The molecule has 0 radical (unpaired) electrons. The van der Waals surface area contributed by atoms with Crippen molar-refractivity contribution in [3.8, 4) is 23.7 Å². The third kappa shape index (κ3) is 7.70. The molecule has 8 rings (SSSR count). The summed E-state index contributed by atoms with van der Waals surface area (Å²) in [5.74, 6) is 0.420. The van der Waals surface area contributed by atoms with Gasteiger partial charge in [0, 0.05) is 33.7 Å². The molecule has 16 heteroatoms. The van der Waals surface area contributed by atoms with Gasteiger partial charge in [0.2, 0.25) is 23.5 Å². The third-order valence-corrected chi connectivity index (χ3v) is 18.4. The number of nitrogen functional groups attached to an aromatic ring is 1. The Balaban J connectivity index is 1.24. The predicted molar refractivity (Wildman–Crippen MR) is 232 cm³/mol. The van der Waals surface area contributed by atoms with Crippen molar-refractivity contribution in [3.63, 3.8) is 0 Å². The highest BCUT2D eigenvalue weighted by Crippen LogP contribution is 2.49. The van der Waals surface area contributed by atoms with Gasteiger partial charge in [-0.05, 0) is 68.8 Å². The molecule has 316 valence electrons. The average Bonchev–Trinajstić information content (AvgIpc) is 3.92. The largest absolute Gasteiger partial charge is 0.459 e. The number of fused-ring (bicyclic) bond motifs is 1. The van der Waals surface area contributed by atoms with Crippen LogP contribution in [0.25, 0.3) is 11.6 Å². The zero-order valence-corrected chi connectivity index (χ0v) is 36.8. The quantitative estimate of drug-likeness (QED) is 0.162. The molecule has 2 aliphatic heterocycles. The number of alkyl halides is 1. The van der Waals surface area contributed by atoms with Gasteiger partial charge < -0.3 is 29.1 Å². The number of likely N-dealkylation sites (N-methyl/N-ethyl adjacent to an activating group) is 1. The number of aromatic nitrogens is 5. The van der Waals surface area contributed by atoms with Gasteiger partial charge in [-0.15, -0.1) is 11.3 Å². The minimum Gasteiger partial charge on any atom is -0.459 e. The lowest BCUT2D eigenvalue weighted by molar-refractivity contribution is -0.000402. The van der Waals surface area contributed by atoms with Gasteiger partial charge in [0.15, 0.2) is 0 Å². The van der Waals surface area contributed by atoms with E-state index in [1.807, 2.05) is 86.5 Å². The number of thiophene rings is 1. The van der Waals surface area contributed by atoms with Gasteiger partial charge in [0.1, 0.15) is 23.3 Å². The van der Waals surface area contributed by atoms with E-state index in [0.29, 0.717) is 17.0 Å². The number of rotatable bonds is 10. The van der Waals surface area contributed by atoms with Crippen molar-refractivity contribution in [2.45, 2.75) is 102 Å². The zero-order chi connectivity index (χ0) is 45.0. The Morgan fingerprint density at radius 2 is 1.80 bits per heavy atom. The highest BCUT2D eigenvalue weighted by atomic mass is 32.1. The van der Waals surface area contributed by atoms with Crippen molar-refractivity contribution in [2.75, 3.05) is 50.5 Å². The minimum absolute atomic E-state index is 0.0165. The summed E-state index contributed by atoms with van der Waals surface area (Å²) >= 11 is 1.41. The Hall–Kier alpha value is -4.79. The number of nitriles is 1. The van der Waals surface area contributed by atoms with Crippen molar-refractivity contribution in [2.24, 2.45) is 0 Å². The predicted octanol–water partition coefficient (Wildman–Crippen LogP) is 6.06. The maximum absolute atomic E-state index is 14.6. The van der Waals surface area contributed by atoms with E-state index in [9.17, 15) is 13.8 Å². The second-order valence-corrected chi connectivity index (χ2v) is 22.9. The number of anilines is 2. The normalized spacial score (nSPS) is 25.4. The van der Waals surface area contributed by atoms with Crippen LogP contribution in [0.4, 0.5) is 15.3 Å². The van der Waals surface area contributed by atoms with E-state index < -0.39 is 43.5 Å². The lowest BCUT2D eigenvalue weighted by Crippen LogP contribution is -2.70. The number of benzene rings is 2. The van der Waals surface area contributed by atoms with Gasteiger partial charge in [0.25, 0.3) is 8.32 Å². The van der Waals surface area contributed by atoms with Gasteiger partial charge in [-0.2, -0.15) is 25.2 Å². The number of halogens is 1. The van der Waals surface area contributed by atoms with Gasteiger partial charge in [-0.1, -0.05) is 86.6 Å². The summed E-state index contributed by atoms with van der Waals surface area (Å²) in [7, 11) is -1.64. The van der Waals surface area contributed by atoms with Crippen molar-refractivity contribution in [3.05, 3.63) is 82.6 Å². The number of hydrogen-bond acceptors (Lipinski definition) is 14. The second-order valence-electron chi connectivity index (χ2n) is 17.5. The molecule has 0 bridgehead atoms. The Kier molecular flexibility index (Phi) is 10.3. The van der Waals surface area contributed by atoms with E-state index in [1.165, 1.54) is 11.3 Å². The molecule has 3 aromatic heterocycles. The van der Waals surface area contributed by atoms with Crippen molar-refractivity contribution in [1.82, 2.24) is 30.0 Å². The van der Waals surface area contributed by atoms with Gasteiger partial charge in [-0.3, -0.25) is 4.90 Å². The summed E-state index contributed by atoms with van der Waals surface area (Å²) in [6.07, 6.45) is 0.983. The molecule has 5 heterocycles. The molecular formula is C44H54FN9O4SSi. The van der Waals surface area contributed by atoms with Gasteiger partial charge in [-0.25, -0.2) is 4.39 Å². The van der Waals surface area contributed by atoms with Crippen molar-refractivity contribution < 1.29 is 26.9 Å². The lowest BCUT2D eigenvalue weighted by Gasteiger charge is -2.48. The molecule has 2 N–H and O–H groups in total. The Morgan fingerprint density at radius 3 is 2.43 bits per heavy atom. The Labute approximate surface area is 360 Å². The molecule has 2 fully saturated rings. The SMILES string of the molecule is [2H]C([2H])([2H])C1(O[Si](c2ccccc2)(c2ccccc2)C(C)(C)C)COCCN(c2nc(O[C@@H](C)[C@@H]3C[C@@H](F)CN3C)nc(-c3noc([C@@]4(C)CCCc5sc(N)c(C#N)c54)n3)n2)C1. The number of aryl methyl sites for hydroxylation is 1. The first-order chi connectivity index (χ1) is 29.9. The summed E-state index contributed by atoms with van der Waals surface area (Å²) in [5, 5.41) is 16.2. The van der Waals surface area contributed by atoms with Crippen molar-refractivity contribution in [1.29, 1.82) is 5.26 Å². The molecule has 5 atom stereocenters. The van der Waals surface area contributed by atoms with E-state index in [4.69, 9.17) is 44.1 Å². The van der Waals surface area contributed by atoms with Crippen LogP contribution < -0.4 is 25.7 Å². The number of nitrogens with zero attached hydrogens (tertiary/aromatic N) is 8. The summed E-state index contributed by atoms with van der Waals surface area (Å²) < 4.78 is 68.5. The monoisotopic (exact) mass is 854 g/mol. The molecule has 2 aromatic carbocycles. The summed E-state index contributed by atoms with van der Waals surface area (Å²) in [5.41, 5.74) is 4.83. The zero-order valence-electron chi connectivity index (χ0n) is 37.9. The number of hydrogen-bond donors (Lipinski definition) is 1. The smallest absolute Gasteiger partial charge is 0.322 e. The molecule has 3 aliphatic rings. The van der Waals surface area contributed by atoms with Crippen LogP contribution in [0.15, 0.2) is 65.2 Å². The molecule has 5 aromatic rings. The first kappa shape index (κ1) is 38.2. The van der Waals surface area contributed by atoms with Crippen molar-refractivity contribution >= 4 is 41.0 Å². The van der Waals surface area contributed by atoms with Crippen LogP contribution in [0.1, 0.15) is 86.7 Å². The maximum atomic E-state index is 14.6. The van der Waals surface area contributed by atoms with Gasteiger partial charge >= 0.3 is 6.01 Å². The van der Waals surface area contributed by atoms with Crippen LogP contribution >= 0.6 is 11.3 Å². The van der Waals surface area contributed by atoms with E-state index in [2.05, 4.69) is 32.0 Å².